The fourth-order valence-corrected chi connectivity index (χ4v) is 1.78. The predicted molar refractivity (Wildman–Crippen MR) is 53.8 cm³/mol. The van der Waals surface area contributed by atoms with Crippen LogP contribution in [-0.2, 0) is 0 Å². The third-order valence-electron chi connectivity index (χ3n) is 2.51. The zero-order chi connectivity index (χ0) is 9.54. The van der Waals surface area contributed by atoms with Crippen LogP contribution in [0.1, 0.15) is 10.4 Å². The van der Waals surface area contributed by atoms with Gasteiger partial charge in [-0.05, 0) is 22.9 Å². The third kappa shape index (κ3) is 0.940. The highest BCUT2D eigenvalue weighted by atomic mass is 16.5. The van der Waals surface area contributed by atoms with Crippen LogP contribution in [0.25, 0.3) is 10.8 Å². The molecule has 2 heteroatoms. The second kappa shape index (κ2) is 2.58. The molecule has 0 amide bonds. The molecule has 1 heterocycles. The number of carbonyl (C=O) groups is 1. The van der Waals surface area contributed by atoms with Crippen LogP contribution in [0.15, 0.2) is 36.4 Å². The highest BCUT2D eigenvalue weighted by Gasteiger charge is 2.21. The van der Waals surface area contributed by atoms with E-state index in [0.29, 0.717) is 11.3 Å². The van der Waals surface area contributed by atoms with Crippen molar-refractivity contribution < 1.29 is 9.53 Å². The van der Waals surface area contributed by atoms with Gasteiger partial charge in [0.1, 0.15) is 5.75 Å². The molecule has 0 unspecified atom stereocenters. The normalized spacial score (nSPS) is 14.1. The molecule has 1 aliphatic rings. The number of hydrogen-bond donors (Lipinski definition) is 0. The largest absolute Gasteiger partial charge is 0.485 e. The van der Waals surface area contributed by atoms with E-state index in [0.717, 1.165) is 10.8 Å². The van der Waals surface area contributed by atoms with Crippen LogP contribution >= 0.6 is 0 Å². The predicted octanol–water partition coefficient (Wildman–Crippen LogP) is 2.41. The zero-order valence-corrected chi connectivity index (χ0v) is 7.49. The van der Waals surface area contributed by atoms with Gasteiger partial charge in [-0.1, -0.05) is 24.3 Å². The Balaban J connectivity index is 2.38. The number of carbonyl (C=O) groups excluding carboxylic acids is 1. The van der Waals surface area contributed by atoms with E-state index in [1.54, 1.807) is 0 Å². The van der Waals surface area contributed by atoms with Gasteiger partial charge < -0.3 is 4.74 Å². The van der Waals surface area contributed by atoms with Crippen molar-refractivity contribution in [3.8, 4) is 5.75 Å². The Bertz CT molecular complexity index is 529. The Morgan fingerprint density at radius 3 is 2.57 bits per heavy atom. The van der Waals surface area contributed by atoms with Crippen molar-refractivity contribution in [2.45, 2.75) is 0 Å². The minimum absolute atomic E-state index is 0.0748. The molecule has 2 nitrogen and oxygen atoms in total. The molecule has 3 rings (SSSR count). The summed E-state index contributed by atoms with van der Waals surface area (Å²) in [5, 5.41) is 2.20. The first-order valence-corrected chi connectivity index (χ1v) is 4.53. The number of benzene rings is 2. The van der Waals surface area contributed by atoms with Crippen LogP contribution in [0.4, 0.5) is 0 Å². The van der Waals surface area contributed by atoms with Crippen molar-refractivity contribution in [1.82, 2.24) is 0 Å². The van der Waals surface area contributed by atoms with Crippen LogP contribution in [0.5, 0.6) is 5.75 Å². The molecule has 68 valence electrons. The average molecular weight is 184 g/mol. The van der Waals surface area contributed by atoms with E-state index in [4.69, 9.17) is 4.74 Å². The monoisotopic (exact) mass is 184 g/mol. The van der Waals surface area contributed by atoms with E-state index in [1.807, 2.05) is 36.4 Å². The van der Waals surface area contributed by atoms with Gasteiger partial charge >= 0.3 is 0 Å². The van der Waals surface area contributed by atoms with Crippen molar-refractivity contribution >= 4 is 16.6 Å². The zero-order valence-electron chi connectivity index (χ0n) is 7.49. The van der Waals surface area contributed by atoms with Crippen LogP contribution in [0.3, 0.4) is 0 Å². The van der Waals surface area contributed by atoms with E-state index >= 15 is 0 Å². The van der Waals surface area contributed by atoms with Gasteiger partial charge in [-0.25, -0.2) is 0 Å². The van der Waals surface area contributed by atoms with Gasteiger partial charge in [-0.2, -0.15) is 0 Å². The summed E-state index contributed by atoms with van der Waals surface area (Å²) in [6, 6.07) is 11.8. The Hall–Kier alpha value is -1.83. The Labute approximate surface area is 81.1 Å². The van der Waals surface area contributed by atoms with Crippen LogP contribution < -0.4 is 4.74 Å². The van der Waals surface area contributed by atoms with Crippen LogP contribution in [0.2, 0.25) is 0 Å². The molecule has 0 fully saturated rings. The van der Waals surface area contributed by atoms with Crippen molar-refractivity contribution in [1.29, 1.82) is 0 Å². The van der Waals surface area contributed by atoms with E-state index in [-0.39, 0.29) is 12.4 Å². The molecule has 1 aliphatic heterocycles. The van der Waals surface area contributed by atoms with Crippen molar-refractivity contribution in [3.05, 3.63) is 42.0 Å². The first-order valence-electron chi connectivity index (χ1n) is 4.53. The fraction of sp³-hybridized carbons (Fsp3) is 0.0833. The topological polar surface area (TPSA) is 26.3 Å². The molecule has 2 aromatic carbocycles. The maximum Gasteiger partial charge on any atom is 0.203 e. The molecule has 0 bridgehead atoms. The number of ketones is 1. The van der Waals surface area contributed by atoms with Crippen LogP contribution in [0, 0.1) is 0 Å². The molecule has 0 radical (unpaired) electrons. The van der Waals surface area contributed by atoms with E-state index < -0.39 is 0 Å². The summed E-state index contributed by atoms with van der Waals surface area (Å²) in [6.07, 6.45) is 0. The van der Waals surface area contributed by atoms with E-state index in [1.165, 1.54) is 0 Å². The lowest BCUT2D eigenvalue weighted by Gasteiger charge is -2.00. The van der Waals surface area contributed by atoms with Gasteiger partial charge in [0.25, 0.3) is 0 Å². The highest BCUT2D eigenvalue weighted by molar-refractivity contribution is 6.05. The maximum absolute atomic E-state index is 11.4. The summed E-state index contributed by atoms with van der Waals surface area (Å²) in [5.41, 5.74) is 0.712. The molecule has 0 saturated carbocycles. The first kappa shape index (κ1) is 7.56. The summed E-state index contributed by atoms with van der Waals surface area (Å²) in [7, 11) is 0. The van der Waals surface area contributed by atoms with Gasteiger partial charge in [-0.3, -0.25) is 4.79 Å². The van der Waals surface area contributed by atoms with Crippen molar-refractivity contribution in [2.75, 3.05) is 6.61 Å². The summed E-state index contributed by atoms with van der Waals surface area (Å²) >= 11 is 0. The summed E-state index contributed by atoms with van der Waals surface area (Å²) in [4.78, 5) is 11.4. The van der Waals surface area contributed by atoms with E-state index in [2.05, 4.69) is 0 Å². The SMILES string of the molecule is O=C1COc2cc3ccccc3cc21. The molecule has 0 N–H and O–H groups in total. The average Bonchev–Trinajstić information content (AvgIpc) is 2.57. The molecule has 2 aromatic rings. The fourth-order valence-electron chi connectivity index (χ4n) is 1.78. The third-order valence-corrected chi connectivity index (χ3v) is 2.51. The standard InChI is InChI=1S/C12H8O2/c13-11-7-14-12-6-9-4-2-1-3-8(9)5-10(11)12/h1-6H,7H2. The van der Waals surface area contributed by atoms with Gasteiger partial charge in [0.05, 0.1) is 5.56 Å². The van der Waals surface area contributed by atoms with Crippen molar-refractivity contribution in [2.24, 2.45) is 0 Å². The summed E-state index contributed by atoms with van der Waals surface area (Å²) in [6.45, 7) is 0.186. The molecule has 0 atom stereocenters. The number of ether oxygens (including phenoxy) is 1. The minimum Gasteiger partial charge on any atom is -0.485 e. The second-order valence-corrected chi connectivity index (χ2v) is 3.41. The Morgan fingerprint density at radius 2 is 1.79 bits per heavy atom. The maximum atomic E-state index is 11.4. The Kier molecular flexibility index (Phi) is 1.39. The van der Waals surface area contributed by atoms with Gasteiger partial charge in [0.2, 0.25) is 5.78 Å². The highest BCUT2D eigenvalue weighted by Crippen LogP contribution is 2.30. The minimum atomic E-state index is 0.0748. The van der Waals surface area contributed by atoms with Gasteiger partial charge in [-0.15, -0.1) is 0 Å². The lowest BCUT2D eigenvalue weighted by molar-refractivity contribution is 0.0961. The van der Waals surface area contributed by atoms with Gasteiger partial charge in [0, 0.05) is 0 Å². The lowest BCUT2D eigenvalue weighted by atomic mass is 10.1. The molecule has 14 heavy (non-hydrogen) atoms. The van der Waals surface area contributed by atoms with E-state index in [9.17, 15) is 4.79 Å². The molecule has 0 aliphatic carbocycles. The summed E-state index contributed by atoms with van der Waals surface area (Å²) in [5.74, 6) is 0.791. The van der Waals surface area contributed by atoms with Crippen molar-refractivity contribution in [3.63, 3.8) is 0 Å². The molecule has 0 saturated heterocycles. The lowest BCUT2D eigenvalue weighted by Crippen LogP contribution is -1.98. The second-order valence-electron chi connectivity index (χ2n) is 3.41. The number of Topliss-reactive ketones (excluding diaryl/α,β-unsaturated/α-hetero) is 1. The number of rotatable bonds is 0. The smallest absolute Gasteiger partial charge is 0.203 e. The number of fused-ring (bicyclic) bond motifs is 2. The molecular weight excluding hydrogens is 176 g/mol. The van der Waals surface area contributed by atoms with Crippen LogP contribution in [-0.4, -0.2) is 12.4 Å². The number of hydrogen-bond acceptors (Lipinski definition) is 2. The summed E-state index contributed by atoms with van der Waals surface area (Å²) < 4.78 is 5.27. The first-order chi connectivity index (χ1) is 6.84. The molecule has 0 spiro atoms. The quantitative estimate of drug-likeness (QED) is 0.628. The Morgan fingerprint density at radius 1 is 1.07 bits per heavy atom. The van der Waals surface area contributed by atoms with Gasteiger partial charge in [0.15, 0.2) is 6.61 Å². The molecule has 0 aromatic heterocycles. The molecular formula is C12H8O2.